The van der Waals surface area contributed by atoms with Gasteiger partial charge in [0.15, 0.2) is 0 Å². The topological polar surface area (TPSA) is 68.0 Å². The number of carboxylic acids is 1. The smallest absolute Gasteiger partial charge is 0.329 e. The normalized spacial score (nSPS) is 23.5. The van der Waals surface area contributed by atoms with E-state index in [1.807, 2.05) is 4.57 Å². The first-order valence-corrected chi connectivity index (χ1v) is 5.88. The Kier molecular flexibility index (Phi) is 2.02. The molecule has 0 radical (unpaired) electrons. The summed E-state index contributed by atoms with van der Waals surface area (Å²) in [5, 5.41) is 17.3. The molecule has 0 aliphatic heterocycles. The standard InChI is InChI=1S/C11H15N3O2/c15-10(16)11(5-6-11)14-7-12-13-9(14)8-3-1-2-4-8/h7-8H,1-6H2,(H,15,16). The van der Waals surface area contributed by atoms with Crippen molar-refractivity contribution in [1.82, 2.24) is 14.8 Å². The number of nitrogens with zero attached hydrogens (tertiary/aromatic N) is 3. The van der Waals surface area contributed by atoms with Gasteiger partial charge in [-0.05, 0) is 25.7 Å². The van der Waals surface area contributed by atoms with Gasteiger partial charge >= 0.3 is 5.97 Å². The van der Waals surface area contributed by atoms with E-state index >= 15 is 0 Å². The van der Waals surface area contributed by atoms with E-state index in [1.54, 1.807) is 6.33 Å². The number of hydrogen-bond donors (Lipinski definition) is 1. The first-order chi connectivity index (χ1) is 7.74. The van der Waals surface area contributed by atoms with Crippen molar-refractivity contribution in [3.05, 3.63) is 12.2 Å². The third kappa shape index (κ3) is 1.27. The van der Waals surface area contributed by atoms with E-state index in [2.05, 4.69) is 10.2 Å². The molecular formula is C11H15N3O2. The van der Waals surface area contributed by atoms with E-state index in [0.29, 0.717) is 18.8 Å². The first-order valence-electron chi connectivity index (χ1n) is 5.88. The maximum atomic E-state index is 11.3. The predicted molar refractivity (Wildman–Crippen MR) is 56.1 cm³/mol. The van der Waals surface area contributed by atoms with Gasteiger partial charge in [0.2, 0.25) is 0 Å². The fourth-order valence-electron chi connectivity index (χ4n) is 2.71. The summed E-state index contributed by atoms with van der Waals surface area (Å²) in [4.78, 5) is 11.3. The molecule has 2 aliphatic carbocycles. The molecule has 0 bridgehead atoms. The zero-order chi connectivity index (χ0) is 11.2. The van der Waals surface area contributed by atoms with E-state index < -0.39 is 11.5 Å². The SMILES string of the molecule is O=C(O)C1(n2cnnc2C2CCCC2)CC1. The average molecular weight is 221 g/mol. The van der Waals surface area contributed by atoms with Gasteiger partial charge in [0, 0.05) is 5.92 Å². The van der Waals surface area contributed by atoms with Crippen molar-refractivity contribution in [3.8, 4) is 0 Å². The average Bonchev–Trinajstić information content (AvgIpc) is 2.74. The minimum absolute atomic E-state index is 0.416. The van der Waals surface area contributed by atoms with E-state index in [4.69, 9.17) is 0 Å². The quantitative estimate of drug-likeness (QED) is 0.840. The Balaban J connectivity index is 1.96. The van der Waals surface area contributed by atoms with Crippen molar-refractivity contribution in [1.29, 1.82) is 0 Å². The summed E-state index contributed by atoms with van der Waals surface area (Å²) in [6.45, 7) is 0. The number of carbonyl (C=O) groups is 1. The van der Waals surface area contributed by atoms with Crippen LogP contribution in [0.2, 0.25) is 0 Å². The maximum absolute atomic E-state index is 11.3. The van der Waals surface area contributed by atoms with E-state index in [1.165, 1.54) is 12.8 Å². The third-order valence-corrected chi connectivity index (χ3v) is 3.88. The molecule has 1 aromatic rings. The highest BCUT2D eigenvalue weighted by atomic mass is 16.4. The highest BCUT2D eigenvalue weighted by Crippen LogP contribution is 2.46. The molecule has 1 aromatic heterocycles. The molecule has 0 atom stereocenters. The summed E-state index contributed by atoms with van der Waals surface area (Å²) in [6.07, 6.45) is 7.69. The number of carboxylic acid groups (broad SMARTS) is 1. The Bertz CT molecular complexity index is 417. The number of aromatic nitrogens is 3. The van der Waals surface area contributed by atoms with Gasteiger partial charge in [0.05, 0.1) is 0 Å². The molecule has 2 aliphatic rings. The molecule has 2 saturated carbocycles. The minimum atomic E-state index is -0.744. The first kappa shape index (κ1) is 9.81. The minimum Gasteiger partial charge on any atom is -0.479 e. The molecule has 1 heterocycles. The Morgan fingerprint density at radius 3 is 2.69 bits per heavy atom. The van der Waals surface area contributed by atoms with Crippen LogP contribution in [0.1, 0.15) is 50.3 Å². The highest BCUT2D eigenvalue weighted by Gasteiger charge is 2.53. The summed E-state index contributed by atoms with van der Waals surface area (Å²) < 4.78 is 1.81. The number of hydrogen-bond acceptors (Lipinski definition) is 3. The lowest BCUT2D eigenvalue weighted by atomic mass is 10.1. The molecule has 5 heteroatoms. The van der Waals surface area contributed by atoms with Crippen LogP contribution in [0.25, 0.3) is 0 Å². The molecule has 1 N–H and O–H groups in total. The second-order valence-corrected chi connectivity index (χ2v) is 4.88. The van der Waals surface area contributed by atoms with Gasteiger partial charge in [-0.25, -0.2) is 4.79 Å². The van der Waals surface area contributed by atoms with Crippen LogP contribution in [0.4, 0.5) is 0 Å². The lowest BCUT2D eigenvalue weighted by Crippen LogP contribution is -2.29. The van der Waals surface area contributed by atoms with Crippen molar-refractivity contribution in [3.63, 3.8) is 0 Å². The molecule has 0 unspecified atom stereocenters. The van der Waals surface area contributed by atoms with Crippen LogP contribution in [0.3, 0.4) is 0 Å². The van der Waals surface area contributed by atoms with Gasteiger partial charge in [-0.1, -0.05) is 12.8 Å². The summed E-state index contributed by atoms with van der Waals surface area (Å²) in [7, 11) is 0. The molecule has 0 amide bonds. The van der Waals surface area contributed by atoms with Gasteiger partial charge in [-0.3, -0.25) is 0 Å². The number of rotatable bonds is 3. The summed E-state index contributed by atoms with van der Waals surface area (Å²) in [5.41, 5.74) is -0.721. The fourth-order valence-corrected chi connectivity index (χ4v) is 2.71. The van der Waals surface area contributed by atoms with Gasteiger partial charge in [0.1, 0.15) is 17.7 Å². The van der Waals surface area contributed by atoms with Crippen LogP contribution in [0.5, 0.6) is 0 Å². The summed E-state index contributed by atoms with van der Waals surface area (Å²) in [5.74, 6) is 0.559. The lowest BCUT2D eigenvalue weighted by Gasteiger charge is -2.17. The van der Waals surface area contributed by atoms with Crippen molar-refractivity contribution in [2.24, 2.45) is 0 Å². The van der Waals surface area contributed by atoms with Crippen LogP contribution in [0, 0.1) is 0 Å². The molecule has 5 nitrogen and oxygen atoms in total. The fraction of sp³-hybridized carbons (Fsp3) is 0.727. The Labute approximate surface area is 93.5 Å². The predicted octanol–water partition coefficient (Wildman–Crippen LogP) is 1.51. The molecule has 0 saturated heterocycles. The van der Waals surface area contributed by atoms with Crippen LogP contribution < -0.4 is 0 Å². The van der Waals surface area contributed by atoms with Gasteiger partial charge < -0.3 is 9.67 Å². The highest BCUT2D eigenvalue weighted by molar-refractivity contribution is 5.80. The zero-order valence-electron chi connectivity index (χ0n) is 9.09. The van der Waals surface area contributed by atoms with Crippen molar-refractivity contribution in [2.45, 2.75) is 50.0 Å². The third-order valence-electron chi connectivity index (χ3n) is 3.88. The van der Waals surface area contributed by atoms with Gasteiger partial charge in [-0.15, -0.1) is 10.2 Å². The van der Waals surface area contributed by atoms with E-state index in [0.717, 1.165) is 18.7 Å². The molecular weight excluding hydrogens is 206 g/mol. The van der Waals surface area contributed by atoms with Crippen LogP contribution in [-0.2, 0) is 10.3 Å². The van der Waals surface area contributed by atoms with Crippen molar-refractivity contribution < 1.29 is 9.90 Å². The molecule has 86 valence electrons. The van der Waals surface area contributed by atoms with Crippen LogP contribution in [-0.4, -0.2) is 25.8 Å². The summed E-state index contributed by atoms with van der Waals surface area (Å²) in [6, 6.07) is 0. The largest absolute Gasteiger partial charge is 0.479 e. The second kappa shape index (κ2) is 3.30. The van der Waals surface area contributed by atoms with Crippen molar-refractivity contribution >= 4 is 5.97 Å². The van der Waals surface area contributed by atoms with E-state index in [9.17, 15) is 9.90 Å². The number of aliphatic carboxylic acids is 1. The molecule has 0 aromatic carbocycles. The van der Waals surface area contributed by atoms with Crippen molar-refractivity contribution in [2.75, 3.05) is 0 Å². The molecule has 3 rings (SSSR count). The lowest BCUT2D eigenvalue weighted by molar-refractivity contribution is -0.142. The Morgan fingerprint density at radius 2 is 2.12 bits per heavy atom. The molecule has 0 spiro atoms. The zero-order valence-corrected chi connectivity index (χ0v) is 9.09. The summed E-state index contributed by atoms with van der Waals surface area (Å²) >= 11 is 0. The van der Waals surface area contributed by atoms with Gasteiger partial charge in [0.25, 0.3) is 0 Å². The van der Waals surface area contributed by atoms with Gasteiger partial charge in [-0.2, -0.15) is 0 Å². The van der Waals surface area contributed by atoms with E-state index in [-0.39, 0.29) is 0 Å². The van der Waals surface area contributed by atoms with Crippen LogP contribution >= 0.6 is 0 Å². The monoisotopic (exact) mass is 221 g/mol. The molecule has 2 fully saturated rings. The second-order valence-electron chi connectivity index (χ2n) is 4.88. The maximum Gasteiger partial charge on any atom is 0.329 e. The Hall–Kier alpha value is -1.39. The molecule has 16 heavy (non-hydrogen) atoms. The Morgan fingerprint density at radius 1 is 1.44 bits per heavy atom. The van der Waals surface area contributed by atoms with Crippen LogP contribution in [0.15, 0.2) is 6.33 Å².